The molecule has 1 heterocycles. The molecule has 0 aliphatic carbocycles. The van der Waals surface area contributed by atoms with Crippen molar-refractivity contribution in [2.24, 2.45) is 0 Å². The number of aliphatic carboxylic acids is 1. The van der Waals surface area contributed by atoms with Crippen LogP contribution in [0.4, 0.5) is 5.69 Å². The van der Waals surface area contributed by atoms with Crippen LogP contribution in [0.15, 0.2) is 120 Å². The van der Waals surface area contributed by atoms with Crippen LogP contribution in [0.1, 0.15) is 41.0 Å². The summed E-state index contributed by atoms with van der Waals surface area (Å²) in [6.45, 7) is 6.42. The highest BCUT2D eigenvalue weighted by molar-refractivity contribution is 7.79. The molecule has 0 radical (unpaired) electrons. The molecule has 1 atom stereocenters. The van der Waals surface area contributed by atoms with Gasteiger partial charge in [-0.15, -0.1) is 0 Å². The number of rotatable bonds is 12. The number of thiol groups is 1. The third-order valence-corrected chi connectivity index (χ3v) is 6.40. The number of carbonyl (C=O) groups is 3. The summed E-state index contributed by atoms with van der Waals surface area (Å²) in [5, 5.41) is 13.0. The molecule has 46 heavy (non-hydrogen) atoms. The maximum absolute atomic E-state index is 13.0. The first kappa shape index (κ1) is 37.0. The Morgan fingerprint density at radius 1 is 0.870 bits per heavy atom. The molecule has 0 fully saturated rings. The fourth-order valence-corrected chi connectivity index (χ4v) is 4.31. The van der Waals surface area contributed by atoms with E-state index in [2.05, 4.69) is 22.9 Å². The number of benzene rings is 4. The molecule has 9 heteroatoms. The van der Waals surface area contributed by atoms with Gasteiger partial charge in [-0.2, -0.15) is 12.6 Å². The van der Waals surface area contributed by atoms with E-state index in [9.17, 15) is 14.7 Å². The molecule has 0 amide bonds. The molecule has 5 rings (SSSR count). The standard InChI is InChI=1S/C33H28N2O5.C2H6.CH2O.CH4S/c36-31(24-9-3-1-4-10-24)28-13-7-8-14-29(28)35-30(33(37)38)21-23-15-17-27(18-16-23)39-20-19-26-22-40-32(34-26)25-11-5-2-6-12-25;3*1-2/h1-18,22,30,35H,19-21H2,(H,37,38);1-2H3;1H2;2H,1H3. The van der Waals surface area contributed by atoms with Crippen molar-refractivity contribution in [2.45, 2.75) is 32.7 Å². The minimum atomic E-state index is -1.01. The van der Waals surface area contributed by atoms with E-state index in [1.165, 1.54) is 0 Å². The van der Waals surface area contributed by atoms with E-state index in [4.69, 9.17) is 13.9 Å². The number of carboxylic acid groups (broad SMARTS) is 1. The molecule has 0 saturated carbocycles. The smallest absolute Gasteiger partial charge is 0.326 e. The number of nitrogens with zero attached hydrogens (tertiary/aromatic N) is 1. The highest BCUT2D eigenvalue weighted by Gasteiger charge is 2.21. The van der Waals surface area contributed by atoms with Crippen LogP contribution in [0.5, 0.6) is 5.75 Å². The van der Waals surface area contributed by atoms with Gasteiger partial charge in [0.25, 0.3) is 0 Å². The fourth-order valence-electron chi connectivity index (χ4n) is 4.31. The van der Waals surface area contributed by atoms with E-state index in [-0.39, 0.29) is 12.2 Å². The normalized spacial score (nSPS) is 10.3. The Labute approximate surface area is 275 Å². The molecule has 2 N–H and O–H groups in total. The van der Waals surface area contributed by atoms with Gasteiger partial charge in [-0.1, -0.05) is 86.6 Å². The topological polar surface area (TPSA) is 119 Å². The predicted octanol–water partition coefficient (Wildman–Crippen LogP) is 7.69. The van der Waals surface area contributed by atoms with Crippen molar-refractivity contribution in [3.63, 3.8) is 0 Å². The maximum Gasteiger partial charge on any atom is 0.326 e. The lowest BCUT2D eigenvalue weighted by Crippen LogP contribution is -2.32. The number of carbonyl (C=O) groups excluding carboxylic acids is 2. The first-order chi connectivity index (χ1) is 22.6. The number of aromatic nitrogens is 1. The molecule has 4 aromatic carbocycles. The van der Waals surface area contributed by atoms with Crippen LogP contribution in [-0.2, 0) is 22.4 Å². The summed E-state index contributed by atoms with van der Waals surface area (Å²) in [5.74, 6) is 0.0730. The van der Waals surface area contributed by atoms with E-state index in [1.807, 2.05) is 81.3 Å². The van der Waals surface area contributed by atoms with Crippen molar-refractivity contribution < 1.29 is 28.6 Å². The van der Waals surface area contributed by atoms with Crippen molar-refractivity contribution in [1.29, 1.82) is 0 Å². The predicted molar refractivity (Wildman–Crippen MR) is 186 cm³/mol. The third-order valence-electron chi connectivity index (χ3n) is 6.40. The molecule has 5 aromatic rings. The summed E-state index contributed by atoms with van der Waals surface area (Å²) in [6.07, 6.45) is 4.15. The van der Waals surface area contributed by atoms with Crippen molar-refractivity contribution >= 4 is 36.9 Å². The molecule has 8 nitrogen and oxygen atoms in total. The maximum atomic E-state index is 13.0. The van der Waals surface area contributed by atoms with E-state index in [0.717, 1.165) is 16.8 Å². The number of ketones is 1. The van der Waals surface area contributed by atoms with Gasteiger partial charge in [-0.3, -0.25) is 4.79 Å². The Kier molecular flexibility index (Phi) is 16.7. The second-order valence-corrected chi connectivity index (χ2v) is 9.23. The monoisotopic (exact) mass is 640 g/mol. The Morgan fingerprint density at radius 3 is 2.09 bits per heavy atom. The lowest BCUT2D eigenvalue weighted by Gasteiger charge is -2.18. The summed E-state index contributed by atoms with van der Waals surface area (Å²) in [7, 11) is 0. The van der Waals surface area contributed by atoms with Crippen LogP contribution in [-0.4, -0.2) is 47.5 Å². The average Bonchev–Trinajstić information content (AvgIpc) is 3.61. The van der Waals surface area contributed by atoms with Crippen molar-refractivity contribution in [2.75, 3.05) is 18.2 Å². The third kappa shape index (κ3) is 11.1. The summed E-state index contributed by atoms with van der Waals surface area (Å²) in [4.78, 5) is 37.7. The van der Waals surface area contributed by atoms with Gasteiger partial charge in [0.05, 0.1) is 12.3 Å². The van der Waals surface area contributed by atoms with Crippen LogP contribution in [0.25, 0.3) is 11.5 Å². The van der Waals surface area contributed by atoms with Crippen LogP contribution in [0.3, 0.4) is 0 Å². The number of hydrogen-bond donors (Lipinski definition) is 3. The van der Waals surface area contributed by atoms with Crippen LogP contribution in [0, 0.1) is 0 Å². The minimum Gasteiger partial charge on any atom is -0.493 e. The number of carboxylic acids is 1. The number of nitrogens with one attached hydrogen (secondary N) is 1. The van der Waals surface area contributed by atoms with Crippen LogP contribution in [0.2, 0.25) is 0 Å². The van der Waals surface area contributed by atoms with E-state index >= 15 is 0 Å². The van der Waals surface area contributed by atoms with Gasteiger partial charge in [0, 0.05) is 35.2 Å². The van der Waals surface area contributed by atoms with Crippen molar-refractivity contribution in [1.82, 2.24) is 4.98 Å². The average molecular weight is 641 g/mol. The van der Waals surface area contributed by atoms with Gasteiger partial charge < -0.3 is 24.4 Å². The molecule has 0 aliphatic rings. The lowest BCUT2D eigenvalue weighted by molar-refractivity contribution is -0.137. The molecule has 1 unspecified atom stereocenters. The zero-order valence-corrected chi connectivity index (χ0v) is 27.2. The van der Waals surface area contributed by atoms with Gasteiger partial charge in [0.1, 0.15) is 24.8 Å². The van der Waals surface area contributed by atoms with E-state index in [0.29, 0.717) is 41.5 Å². The Morgan fingerprint density at radius 2 is 1.46 bits per heavy atom. The number of anilines is 1. The minimum absolute atomic E-state index is 0.170. The van der Waals surface area contributed by atoms with Crippen molar-refractivity contribution in [3.8, 4) is 17.2 Å². The lowest BCUT2D eigenvalue weighted by atomic mass is 10.00. The quantitative estimate of drug-likeness (QED) is 0.0938. The Hall–Kier alpha value is -5.15. The van der Waals surface area contributed by atoms with Gasteiger partial charge in [-0.05, 0) is 48.2 Å². The Balaban J connectivity index is 0.00000116. The second kappa shape index (κ2) is 20.7. The molecular weight excluding hydrogens is 600 g/mol. The van der Waals surface area contributed by atoms with Gasteiger partial charge in [0.15, 0.2) is 5.78 Å². The van der Waals surface area contributed by atoms with Gasteiger partial charge in [0.2, 0.25) is 5.89 Å². The van der Waals surface area contributed by atoms with Crippen molar-refractivity contribution in [3.05, 3.63) is 138 Å². The van der Waals surface area contributed by atoms with Gasteiger partial charge >= 0.3 is 5.97 Å². The highest BCUT2D eigenvalue weighted by atomic mass is 32.1. The van der Waals surface area contributed by atoms with Crippen LogP contribution < -0.4 is 10.1 Å². The molecular formula is C37H40N2O6S. The van der Waals surface area contributed by atoms with E-state index in [1.54, 1.807) is 61.0 Å². The number of oxazole rings is 1. The summed E-state index contributed by atoms with van der Waals surface area (Å²) in [6, 6.07) is 32.0. The highest BCUT2D eigenvalue weighted by Crippen LogP contribution is 2.22. The first-order valence-corrected chi connectivity index (χ1v) is 15.6. The number of para-hydroxylation sites is 1. The van der Waals surface area contributed by atoms with Gasteiger partial charge in [-0.25, -0.2) is 9.78 Å². The molecule has 0 spiro atoms. The second-order valence-electron chi connectivity index (χ2n) is 9.23. The fraction of sp³-hybridized carbons (Fsp3) is 0.189. The molecule has 0 bridgehead atoms. The first-order valence-electron chi connectivity index (χ1n) is 14.7. The molecule has 240 valence electrons. The Bertz CT molecular complexity index is 1590. The number of hydrogen-bond acceptors (Lipinski definition) is 8. The molecule has 0 saturated heterocycles. The summed E-state index contributed by atoms with van der Waals surface area (Å²) in [5.41, 5.74) is 3.99. The SMILES string of the molecule is C=O.CC.CS.O=C(c1ccccc1)c1ccccc1NC(Cc1ccc(OCCc2coc(-c3ccccc3)n2)cc1)C(=O)O. The van der Waals surface area contributed by atoms with Crippen LogP contribution >= 0.6 is 12.6 Å². The molecule has 0 aliphatic heterocycles. The largest absolute Gasteiger partial charge is 0.493 e. The number of ether oxygens (including phenoxy) is 1. The summed E-state index contributed by atoms with van der Waals surface area (Å²) < 4.78 is 11.4. The summed E-state index contributed by atoms with van der Waals surface area (Å²) >= 11 is 3.53. The molecule has 1 aromatic heterocycles. The van der Waals surface area contributed by atoms with E-state index < -0.39 is 12.0 Å². The zero-order chi connectivity index (χ0) is 33.7. The zero-order valence-electron chi connectivity index (χ0n) is 26.3.